The summed E-state index contributed by atoms with van der Waals surface area (Å²) in [6.07, 6.45) is 5.42. The molecular weight excluding hydrogens is 444 g/mol. The normalized spacial score (nSPS) is 19.9. The average Bonchev–Trinajstić information content (AvgIpc) is 3.43. The van der Waals surface area contributed by atoms with Gasteiger partial charge in [0.25, 0.3) is 11.6 Å². The Balaban J connectivity index is 1.26. The monoisotopic (exact) mass is 476 g/mol. The highest BCUT2D eigenvalue weighted by atomic mass is 16.6. The zero-order valence-electron chi connectivity index (χ0n) is 20.0. The van der Waals surface area contributed by atoms with Crippen LogP contribution in [-0.4, -0.2) is 70.2 Å². The van der Waals surface area contributed by atoms with E-state index >= 15 is 0 Å². The molecule has 1 atom stereocenters. The molecule has 0 bridgehead atoms. The first kappa shape index (κ1) is 23.5. The minimum absolute atomic E-state index is 0.0235. The fraction of sp³-hybridized carbons (Fsp3) is 0.481. The van der Waals surface area contributed by atoms with Gasteiger partial charge in [-0.3, -0.25) is 24.6 Å². The van der Waals surface area contributed by atoms with Crippen LogP contribution in [0.5, 0.6) is 0 Å². The molecule has 8 nitrogen and oxygen atoms in total. The lowest BCUT2D eigenvalue weighted by Crippen LogP contribution is -2.58. The Morgan fingerprint density at radius 1 is 0.857 bits per heavy atom. The highest BCUT2D eigenvalue weighted by Gasteiger charge is 2.40. The maximum Gasteiger partial charge on any atom is 0.269 e. The molecule has 0 N–H and O–H groups in total. The number of rotatable bonds is 5. The Labute approximate surface area is 205 Å². The summed E-state index contributed by atoms with van der Waals surface area (Å²) in [5.41, 5.74) is 3.02. The summed E-state index contributed by atoms with van der Waals surface area (Å²) in [6, 6.07) is 14.0. The predicted octanol–water partition coefficient (Wildman–Crippen LogP) is 3.50. The maximum atomic E-state index is 13.9. The fourth-order valence-electron chi connectivity index (χ4n) is 5.91. The molecule has 1 saturated carbocycles. The lowest BCUT2D eigenvalue weighted by atomic mass is 9.92. The molecule has 0 spiro atoms. The quantitative estimate of drug-likeness (QED) is 0.487. The smallest absolute Gasteiger partial charge is 0.269 e. The number of hydrogen-bond donors (Lipinski definition) is 0. The standard InChI is InChI=1S/C27H32N4O4/c32-26(22-9-11-24(12-10-22)31(34)35)29-17-15-28(16-18-29)25(21-6-2-3-7-21)27(33)30-14-13-20-5-1-4-8-23(20)19-30/h1,4-5,8-12,21,25H,2-3,6-7,13-19H2. The first-order valence-electron chi connectivity index (χ1n) is 12.6. The van der Waals surface area contributed by atoms with Gasteiger partial charge >= 0.3 is 0 Å². The van der Waals surface area contributed by atoms with Gasteiger partial charge in [-0.05, 0) is 48.4 Å². The van der Waals surface area contributed by atoms with Gasteiger partial charge < -0.3 is 9.80 Å². The van der Waals surface area contributed by atoms with Gasteiger partial charge in [-0.2, -0.15) is 0 Å². The Morgan fingerprint density at radius 2 is 1.51 bits per heavy atom. The zero-order valence-corrected chi connectivity index (χ0v) is 20.0. The van der Waals surface area contributed by atoms with Crippen LogP contribution >= 0.6 is 0 Å². The topological polar surface area (TPSA) is 87.0 Å². The number of nitrogens with zero attached hydrogens (tertiary/aromatic N) is 4. The van der Waals surface area contributed by atoms with Crippen LogP contribution in [0.3, 0.4) is 0 Å². The molecule has 3 aliphatic rings. The third-order valence-corrected chi connectivity index (χ3v) is 7.86. The first-order valence-corrected chi connectivity index (χ1v) is 12.6. The summed E-state index contributed by atoms with van der Waals surface area (Å²) in [5.74, 6) is 0.495. The van der Waals surface area contributed by atoms with Crippen molar-refractivity contribution in [3.8, 4) is 0 Å². The van der Waals surface area contributed by atoms with E-state index in [1.54, 1.807) is 4.90 Å². The molecule has 8 heteroatoms. The Hall–Kier alpha value is -3.26. The van der Waals surface area contributed by atoms with Gasteiger partial charge in [-0.1, -0.05) is 37.1 Å². The number of non-ortho nitro benzene ring substituents is 1. The van der Waals surface area contributed by atoms with E-state index in [9.17, 15) is 19.7 Å². The second-order valence-electron chi connectivity index (χ2n) is 9.90. The molecule has 1 aliphatic carbocycles. The lowest BCUT2D eigenvalue weighted by Gasteiger charge is -2.43. The van der Waals surface area contributed by atoms with E-state index in [1.807, 2.05) is 11.0 Å². The number of amides is 2. The number of benzene rings is 2. The van der Waals surface area contributed by atoms with Crippen molar-refractivity contribution in [2.24, 2.45) is 5.92 Å². The molecule has 2 aromatic rings. The summed E-state index contributed by atoms with van der Waals surface area (Å²) in [4.78, 5) is 43.4. The molecule has 1 unspecified atom stereocenters. The Morgan fingerprint density at radius 3 is 2.17 bits per heavy atom. The second kappa shape index (κ2) is 10.2. The maximum absolute atomic E-state index is 13.9. The molecule has 0 aromatic heterocycles. The largest absolute Gasteiger partial charge is 0.337 e. The van der Waals surface area contributed by atoms with Gasteiger partial charge in [0.15, 0.2) is 0 Å². The number of nitro groups is 1. The van der Waals surface area contributed by atoms with Gasteiger partial charge in [0, 0.05) is 57.0 Å². The van der Waals surface area contributed by atoms with E-state index in [4.69, 9.17) is 0 Å². The van der Waals surface area contributed by atoms with Gasteiger partial charge in [0.2, 0.25) is 5.91 Å². The van der Waals surface area contributed by atoms with Crippen molar-refractivity contribution in [3.63, 3.8) is 0 Å². The lowest BCUT2D eigenvalue weighted by molar-refractivity contribution is -0.384. The number of piperazine rings is 1. The molecule has 35 heavy (non-hydrogen) atoms. The van der Waals surface area contributed by atoms with Crippen molar-refractivity contribution in [1.29, 1.82) is 0 Å². The Bertz CT molecular complexity index is 1090. The first-order chi connectivity index (χ1) is 17.0. The van der Waals surface area contributed by atoms with E-state index < -0.39 is 4.92 Å². The number of carbonyl (C=O) groups is 2. The molecule has 0 radical (unpaired) electrons. The van der Waals surface area contributed by atoms with Crippen molar-refractivity contribution < 1.29 is 14.5 Å². The molecule has 184 valence electrons. The van der Waals surface area contributed by atoms with Crippen molar-refractivity contribution >= 4 is 17.5 Å². The van der Waals surface area contributed by atoms with Gasteiger partial charge in [-0.25, -0.2) is 0 Å². The van der Waals surface area contributed by atoms with Gasteiger partial charge in [0.05, 0.1) is 11.0 Å². The van der Waals surface area contributed by atoms with Crippen LogP contribution in [0.15, 0.2) is 48.5 Å². The number of fused-ring (bicyclic) bond motifs is 1. The van der Waals surface area contributed by atoms with E-state index in [0.29, 0.717) is 44.2 Å². The van der Waals surface area contributed by atoms with Crippen molar-refractivity contribution in [2.45, 2.75) is 44.7 Å². The van der Waals surface area contributed by atoms with Crippen LogP contribution in [0.2, 0.25) is 0 Å². The summed E-state index contributed by atoms with van der Waals surface area (Å²) in [6.45, 7) is 3.87. The highest BCUT2D eigenvalue weighted by Crippen LogP contribution is 2.33. The van der Waals surface area contributed by atoms with Crippen LogP contribution < -0.4 is 0 Å². The molecule has 2 heterocycles. The summed E-state index contributed by atoms with van der Waals surface area (Å²) in [5, 5.41) is 10.9. The number of carbonyl (C=O) groups excluding carboxylic acids is 2. The molecule has 5 rings (SSSR count). The van der Waals surface area contributed by atoms with Crippen LogP contribution in [0, 0.1) is 16.0 Å². The van der Waals surface area contributed by atoms with E-state index in [2.05, 4.69) is 23.1 Å². The molecule has 2 aliphatic heterocycles. The highest BCUT2D eigenvalue weighted by molar-refractivity contribution is 5.94. The third-order valence-electron chi connectivity index (χ3n) is 7.86. The summed E-state index contributed by atoms with van der Waals surface area (Å²) >= 11 is 0. The molecule has 2 aromatic carbocycles. The zero-order chi connectivity index (χ0) is 24.4. The van der Waals surface area contributed by atoms with Crippen LogP contribution in [0.1, 0.15) is 47.2 Å². The van der Waals surface area contributed by atoms with Crippen molar-refractivity contribution in [2.75, 3.05) is 32.7 Å². The fourth-order valence-corrected chi connectivity index (χ4v) is 5.91. The second-order valence-corrected chi connectivity index (χ2v) is 9.90. The van der Waals surface area contributed by atoms with E-state index in [-0.39, 0.29) is 23.5 Å². The van der Waals surface area contributed by atoms with Crippen LogP contribution in [-0.2, 0) is 17.8 Å². The molecule has 1 saturated heterocycles. The molecule has 2 amide bonds. The summed E-state index contributed by atoms with van der Waals surface area (Å²) in [7, 11) is 0. The minimum Gasteiger partial charge on any atom is -0.337 e. The van der Waals surface area contributed by atoms with E-state index in [1.165, 1.54) is 48.2 Å². The molecule has 2 fully saturated rings. The average molecular weight is 477 g/mol. The van der Waals surface area contributed by atoms with Crippen molar-refractivity contribution in [1.82, 2.24) is 14.7 Å². The Kier molecular flexibility index (Phi) is 6.81. The van der Waals surface area contributed by atoms with Crippen LogP contribution in [0.25, 0.3) is 0 Å². The van der Waals surface area contributed by atoms with Crippen LogP contribution in [0.4, 0.5) is 5.69 Å². The van der Waals surface area contributed by atoms with E-state index in [0.717, 1.165) is 25.8 Å². The minimum atomic E-state index is -0.464. The number of nitro benzene ring substituents is 1. The van der Waals surface area contributed by atoms with Crippen molar-refractivity contribution in [3.05, 3.63) is 75.3 Å². The SMILES string of the molecule is O=C(c1ccc([N+](=O)[O-])cc1)N1CCN(C(C(=O)N2CCc3ccccc3C2)C2CCCC2)CC1. The predicted molar refractivity (Wildman–Crippen MR) is 132 cm³/mol. The number of hydrogen-bond acceptors (Lipinski definition) is 5. The third kappa shape index (κ3) is 4.93. The van der Waals surface area contributed by atoms with Gasteiger partial charge in [-0.15, -0.1) is 0 Å². The molecular formula is C27H32N4O4. The summed E-state index contributed by atoms with van der Waals surface area (Å²) < 4.78 is 0. The van der Waals surface area contributed by atoms with Gasteiger partial charge in [0.1, 0.15) is 0 Å².